The summed E-state index contributed by atoms with van der Waals surface area (Å²) in [6, 6.07) is 8.35. The molecule has 0 atom stereocenters. The Balaban J connectivity index is 2.23. The summed E-state index contributed by atoms with van der Waals surface area (Å²) in [4.78, 5) is 0. The predicted molar refractivity (Wildman–Crippen MR) is 93.1 cm³/mol. The molecule has 0 radical (unpaired) electrons. The highest BCUT2D eigenvalue weighted by Gasteiger charge is 2.33. The molecule has 0 aliphatic heterocycles. The summed E-state index contributed by atoms with van der Waals surface area (Å²) in [5, 5.41) is 12.6. The van der Waals surface area contributed by atoms with Gasteiger partial charge in [0.1, 0.15) is 23.4 Å². The normalized spacial score (nSPS) is 11.4. The van der Waals surface area contributed by atoms with Crippen LogP contribution in [0.2, 0.25) is 10.0 Å². The van der Waals surface area contributed by atoms with Gasteiger partial charge in [-0.1, -0.05) is 35.3 Å². The van der Waals surface area contributed by atoms with Gasteiger partial charge in [0.15, 0.2) is 5.69 Å². The molecule has 10 heteroatoms. The second-order valence-electron chi connectivity index (χ2n) is 5.43. The Morgan fingerprint density at radius 2 is 1.63 bits per heavy atom. The lowest BCUT2D eigenvalue weighted by molar-refractivity contribution is -0.137. The lowest BCUT2D eigenvalue weighted by atomic mass is 10.1. The molecule has 3 rings (SSSR count). The van der Waals surface area contributed by atoms with Crippen LogP contribution in [0.4, 0.5) is 23.4 Å². The van der Waals surface area contributed by atoms with Crippen molar-refractivity contribution in [2.75, 3.05) is 5.73 Å². The summed E-state index contributed by atoms with van der Waals surface area (Å²) in [7, 11) is 0. The standard InChI is InChI=1S/C17H8Cl2F4N4/c18-11-5-9(17(21,22)23)6-12(19)15(11)27-16(25)14(13(7-24)26-27)8-1-3-10(20)4-2-8/h1-6H,25H2. The van der Waals surface area contributed by atoms with Gasteiger partial charge in [-0.3, -0.25) is 0 Å². The second kappa shape index (κ2) is 6.76. The Bertz CT molecular complexity index is 1040. The topological polar surface area (TPSA) is 67.6 Å². The molecule has 0 spiro atoms. The fourth-order valence-electron chi connectivity index (χ4n) is 2.51. The maximum Gasteiger partial charge on any atom is 0.416 e. The summed E-state index contributed by atoms with van der Waals surface area (Å²) in [5.74, 6) is -0.571. The van der Waals surface area contributed by atoms with E-state index in [4.69, 9.17) is 28.9 Å². The Hall–Kier alpha value is -2.76. The van der Waals surface area contributed by atoms with E-state index in [2.05, 4.69) is 5.10 Å². The number of benzene rings is 2. The zero-order valence-corrected chi connectivity index (χ0v) is 14.7. The van der Waals surface area contributed by atoms with Gasteiger partial charge in [-0.05, 0) is 29.8 Å². The highest BCUT2D eigenvalue weighted by Crippen LogP contribution is 2.40. The minimum atomic E-state index is -4.64. The minimum absolute atomic E-state index is 0.0817. The average Bonchev–Trinajstić information content (AvgIpc) is 2.91. The van der Waals surface area contributed by atoms with Crippen LogP contribution in [-0.4, -0.2) is 9.78 Å². The summed E-state index contributed by atoms with van der Waals surface area (Å²) in [5.41, 5.74) is 5.38. The van der Waals surface area contributed by atoms with E-state index in [1.165, 1.54) is 24.3 Å². The number of alkyl halides is 3. The smallest absolute Gasteiger partial charge is 0.383 e. The number of halogens is 6. The summed E-state index contributed by atoms with van der Waals surface area (Å²) < 4.78 is 52.8. The molecule has 1 aromatic heterocycles. The SMILES string of the molecule is N#Cc1nn(-c2c(Cl)cc(C(F)(F)F)cc2Cl)c(N)c1-c1ccc(F)cc1. The monoisotopic (exact) mass is 414 g/mol. The first-order chi connectivity index (χ1) is 12.6. The molecule has 0 unspecified atom stereocenters. The van der Waals surface area contributed by atoms with Crippen LogP contribution >= 0.6 is 23.2 Å². The number of nitrogens with two attached hydrogens (primary N) is 1. The Morgan fingerprint density at radius 1 is 1.07 bits per heavy atom. The number of anilines is 1. The first kappa shape index (κ1) is 19.0. The average molecular weight is 415 g/mol. The summed E-state index contributed by atoms with van der Waals surface area (Å²) >= 11 is 12.0. The highest BCUT2D eigenvalue weighted by atomic mass is 35.5. The molecular formula is C17H8Cl2F4N4. The number of hydrogen-bond acceptors (Lipinski definition) is 3. The van der Waals surface area contributed by atoms with Crippen molar-refractivity contribution >= 4 is 29.0 Å². The molecule has 4 nitrogen and oxygen atoms in total. The molecular weight excluding hydrogens is 407 g/mol. The predicted octanol–water partition coefficient (Wildman–Crippen LogP) is 5.46. The molecule has 2 aromatic carbocycles. The second-order valence-corrected chi connectivity index (χ2v) is 6.24. The number of nitriles is 1. The van der Waals surface area contributed by atoms with Crippen molar-refractivity contribution in [1.82, 2.24) is 9.78 Å². The number of aromatic nitrogens is 2. The summed E-state index contributed by atoms with van der Waals surface area (Å²) in [6.45, 7) is 0. The van der Waals surface area contributed by atoms with E-state index in [1.54, 1.807) is 0 Å². The van der Waals surface area contributed by atoms with E-state index < -0.39 is 17.6 Å². The number of rotatable bonds is 2. The van der Waals surface area contributed by atoms with Gasteiger partial charge in [-0.2, -0.15) is 23.5 Å². The van der Waals surface area contributed by atoms with Crippen molar-refractivity contribution in [1.29, 1.82) is 5.26 Å². The molecule has 0 aliphatic carbocycles. The Labute approximate surface area is 160 Å². The first-order valence-corrected chi connectivity index (χ1v) is 8.00. The molecule has 138 valence electrons. The third kappa shape index (κ3) is 3.44. The zero-order valence-electron chi connectivity index (χ0n) is 13.2. The molecule has 0 saturated heterocycles. The Kier molecular flexibility index (Phi) is 4.76. The zero-order chi connectivity index (χ0) is 19.9. The molecule has 1 heterocycles. The van der Waals surface area contributed by atoms with Crippen molar-refractivity contribution in [2.24, 2.45) is 0 Å². The third-order valence-electron chi connectivity index (χ3n) is 3.72. The molecule has 3 aromatic rings. The van der Waals surface area contributed by atoms with Crippen LogP contribution < -0.4 is 5.73 Å². The van der Waals surface area contributed by atoms with Crippen molar-refractivity contribution in [2.45, 2.75) is 6.18 Å². The van der Waals surface area contributed by atoms with Gasteiger partial charge in [0.05, 0.1) is 21.2 Å². The molecule has 0 bridgehead atoms. The minimum Gasteiger partial charge on any atom is -0.383 e. The number of nitrogens with zero attached hydrogens (tertiary/aromatic N) is 3. The van der Waals surface area contributed by atoms with Crippen molar-refractivity contribution in [3.63, 3.8) is 0 Å². The van der Waals surface area contributed by atoms with Crippen LogP contribution in [0.5, 0.6) is 0 Å². The van der Waals surface area contributed by atoms with E-state index in [-0.39, 0.29) is 32.8 Å². The van der Waals surface area contributed by atoms with Gasteiger partial charge in [-0.15, -0.1) is 0 Å². The van der Waals surface area contributed by atoms with E-state index in [0.717, 1.165) is 4.68 Å². The van der Waals surface area contributed by atoms with Crippen molar-refractivity contribution in [3.05, 3.63) is 63.5 Å². The van der Waals surface area contributed by atoms with Gasteiger partial charge in [-0.25, -0.2) is 9.07 Å². The van der Waals surface area contributed by atoms with Crippen LogP contribution in [0.3, 0.4) is 0 Å². The quantitative estimate of drug-likeness (QED) is 0.566. The van der Waals surface area contributed by atoms with Gasteiger partial charge >= 0.3 is 6.18 Å². The van der Waals surface area contributed by atoms with E-state index in [1.807, 2.05) is 6.07 Å². The van der Waals surface area contributed by atoms with Gasteiger partial charge in [0.2, 0.25) is 0 Å². The molecule has 0 amide bonds. The maximum atomic E-state index is 13.2. The van der Waals surface area contributed by atoms with Gasteiger partial charge in [0, 0.05) is 0 Å². The maximum absolute atomic E-state index is 13.2. The fraction of sp³-hybridized carbons (Fsp3) is 0.0588. The molecule has 27 heavy (non-hydrogen) atoms. The highest BCUT2D eigenvalue weighted by molar-refractivity contribution is 6.38. The van der Waals surface area contributed by atoms with Gasteiger partial charge in [0.25, 0.3) is 0 Å². The number of nitrogen functional groups attached to an aromatic ring is 1. The molecule has 0 fully saturated rings. The lowest BCUT2D eigenvalue weighted by Crippen LogP contribution is -2.08. The Morgan fingerprint density at radius 3 is 2.11 bits per heavy atom. The molecule has 0 saturated carbocycles. The third-order valence-corrected chi connectivity index (χ3v) is 4.29. The molecule has 2 N–H and O–H groups in total. The van der Waals surface area contributed by atoms with E-state index in [0.29, 0.717) is 17.7 Å². The number of hydrogen-bond donors (Lipinski definition) is 1. The van der Waals surface area contributed by atoms with E-state index >= 15 is 0 Å². The first-order valence-electron chi connectivity index (χ1n) is 7.24. The van der Waals surface area contributed by atoms with E-state index in [9.17, 15) is 22.8 Å². The van der Waals surface area contributed by atoms with Crippen LogP contribution in [-0.2, 0) is 6.18 Å². The molecule has 0 aliphatic rings. The van der Waals surface area contributed by atoms with Crippen LogP contribution in [0.1, 0.15) is 11.3 Å². The lowest BCUT2D eigenvalue weighted by Gasteiger charge is -2.13. The van der Waals surface area contributed by atoms with Crippen LogP contribution in [0.25, 0.3) is 16.8 Å². The largest absolute Gasteiger partial charge is 0.416 e. The summed E-state index contributed by atoms with van der Waals surface area (Å²) in [6.07, 6.45) is -4.64. The van der Waals surface area contributed by atoms with Crippen molar-refractivity contribution in [3.8, 4) is 22.9 Å². The van der Waals surface area contributed by atoms with Crippen LogP contribution in [0.15, 0.2) is 36.4 Å². The fourth-order valence-corrected chi connectivity index (χ4v) is 3.16. The van der Waals surface area contributed by atoms with Crippen molar-refractivity contribution < 1.29 is 17.6 Å². The van der Waals surface area contributed by atoms with Crippen LogP contribution in [0, 0.1) is 17.1 Å². The van der Waals surface area contributed by atoms with Gasteiger partial charge < -0.3 is 5.73 Å².